The lowest BCUT2D eigenvalue weighted by Gasteiger charge is -2.07. The van der Waals surface area contributed by atoms with Gasteiger partial charge in [-0.2, -0.15) is 0 Å². The molecule has 0 heterocycles. The molecule has 0 aliphatic carbocycles. The maximum atomic E-state index is 12.3. The number of allylic oxidation sites excluding steroid dienone is 4. The molecule has 31 heavy (non-hydrogen) atoms. The molecule has 1 aromatic carbocycles. The minimum absolute atomic E-state index is 0.278. The van der Waals surface area contributed by atoms with Gasteiger partial charge >= 0.3 is 0 Å². The molecule has 6 nitrogen and oxygen atoms in total. The number of nitrogens with zero attached hydrogens (tertiary/aromatic N) is 1. The summed E-state index contributed by atoms with van der Waals surface area (Å²) in [5, 5.41) is 11.0. The van der Waals surface area contributed by atoms with Crippen LogP contribution in [0.1, 0.15) is 84.0 Å². The first-order valence-electron chi connectivity index (χ1n) is 11.5. The average Bonchev–Trinajstić information content (AvgIpc) is 2.76. The topological polar surface area (TPSA) is 89.3 Å². The fourth-order valence-electron chi connectivity index (χ4n) is 3.23. The Morgan fingerprint density at radius 1 is 0.871 bits per heavy atom. The highest BCUT2D eigenvalue weighted by Crippen LogP contribution is 2.22. The van der Waals surface area contributed by atoms with Gasteiger partial charge < -0.3 is 0 Å². The van der Waals surface area contributed by atoms with Crippen molar-refractivity contribution in [1.29, 1.82) is 0 Å². The number of hydrogen-bond donors (Lipinski definition) is 1. The molecule has 0 fully saturated rings. The molecular formula is C24H38N2O4S. The minimum atomic E-state index is -3.86. The highest BCUT2D eigenvalue weighted by Gasteiger charge is 2.24. The van der Waals surface area contributed by atoms with E-state index in [-0.39, 0.29) is 4.90 Å². The highest BCUT2D eigenvalue weighted by atomic mass is 32.2. The van der Waals surface area contributed by atoms with Crippen LogP contribution in [0.3, 0.4) is 0 Å². The molecule has 0 atom stereocenters. The molecule has 0 amide bonds. The van der Waals surface area contributed by atoms with Gasteiger partial charge in [0.15, 0.2) is 4.90 Å². The maximum absolute atomic E-state index is 12.3. The van der Waals surface area contributed by atoms with Crippen LogP contribution in [0.4, 0.5) is 5.69 Å². The summed E-state index contributed by atoms with van der Waals surface area (Å²) in [5.74, 6) is 0. The molecule has 0 saturated carbocycles. The fourth-order valence-corrected chi connectivity index (χ4v) is 4.48. The van der Waals surface area contributed by atoms with Crippen LogP contribution in [0, 0.1) is 10.1 Å². The Bertz CT molecular complexity index is 789. The summed E-state index contributed by atoms with van der Waals surface area (Å²) in [4.78, 5) is 10.1. The van der Waals surface area contributed by atoms with E-state index in [0.717, 1.165) is 38.5 Å². The molecule has 174 valence electrons. The molecule has 0 radical (unpaired) electrons. The highest BCUT2D eigenvalue weighted by molar-refractivity contribution is 7.89. The molecule has 0 aliphatic rings. The average molecular weight is 451 g/mol. The Kier molecular flexibility index (Phi) is 14.5. The number of rotatable bonds is 18. The van der Waals surface area contributed by atoms with Gasteiger partial charge in [-0.3, -0.25) is 10.1 Å². The minimum Gasteiger partial charge on any atom is -0.258 e. The van der Waals surface area contributed by atoms with E-state index in [1.54, 1.807) is 0 Å². The molecule has 0 bridgehead atoms. The molecule has 0 aromatic heterocycles. The second-order valence-corrected chi connectivity index (χ2v) is 9.44. The summed E-state index contributed by atoms with van der Waals surface area (Å²) in [6.45, 7) is 2.52. The van der Waals surface area contributed by atoms with E-state index in [1.165, 1.54) is 62.8 Å². The lowest BCUT2D eigenvalue weighted by atomic mass is 10.1. The summed E-state index contributed by atoms with van der Waals surface area (Å²) in [5.41, 5.74) is -0.396. The Labute approximate surface area is 188 Å². The summed E-state index contributed by atoms with van der Waals surface area (Å²) in [7, 11) is -3.86. The third-order valence-electron chi connectivity index (χ3n) is 5.02. The predicted molar refractivity (Wildman–Crippen MR) is 128 cm³/mol. The van der Waals surface area contributed by atoms with Gasteiger partial charge in [0.2, 0.25) is 10.0 Å². The number of sulfonamides is 1. The third-order valence-corrected chi connectivity index (χ3v) is 6.53. The zero-order valence-electron chi connectivity index (χ0n) is 18.8. The van der Waals surface area contributed by atoms with Crippen LogP contribution in [0.2, 0.25) is 0 Å². The van der Waals surface area contributed by atoms with E-state index in [9.17, 15) is 18.5 Å². The zero-order valence-corrected chi connectivity index (χ0v) is 19.6. The van der Waals surface area contributed by atoms with Crippen LogP contribution in [-0.4, -0.2) is 19.9 Å². The van der Waals surface area contributed by atoms with E-state index in [4.69, 9.17) is 0 Å². The largest absolute Gasteiger partial charge is 0.289 e. The quantitative estimate of drug-likeness (QED) is 0.117. The van der Waals surface area contributed by atoms with Crippen LogP contribution in [0.25, 0.3) is 0 Å². The molecule has 0 spiro atoms. The summed E-state index contributed by atoms with van der Waals surface area (Å²) < 4.78 is 27.1. The molecule has 1 N–H and O–H groups in total. The molecule has 0 saturated heterocycles. The lowest BCUT2D eigenvalue weighted by molar-refractivity contribution is -0.387. The van der Waals surface area contributed by atoms with Crippen molar-refractivity contribution in [2.75, 3.05) is 6.54 Å². The van der Waals surface area contributed by atoms with Crippen molar-refractivity contribution in [2.45, 2.75) is 88.9 Å². The van der Waals surface area contributed by atoms with E-state index in [2.05, 4.69) is 35.9 Å². The number of nitro benzene ring substituents is 1. The zero-order chi connectivity index (χ0) is 22.8. The Morgan fingerprint density at radius 2 is 1.45 bits per heavy atom. The second kappa shape index (κ2) is 16.7. The van der Waals surface area contributed by atoms with E-state index >= 15 is 0 Å². The number of para-hydroxylation sites is 1. The van der Waals surface area contributed by atoms with Gasteiger partial charge in [-0.25, -0.2) is 13.1 Å². The van der Waals surface area contributed by atoms with Crippen LogP contribution in [0.15, 0.2) is 53.5 Å². The SMILES string of the molecule is CCCCC/C=C\C/C=C\CCCCCCCCNS(=O)(=O)c1ccccc1[N+](=O)[O-]. The molecule has 0 unspecified atom stereocenters. The first kappa shape index (κ1) is 27.0. The van der Waals surface area contributed by atoms with Gasteiger partial charge in [0, 0.05) is 12.6 Å². The van der Waals surface area contributed by atoms with Crippen molar-refractivity contribution >= 4 is 15.7 Å². The monoisotopic (exact) mass is 450 g/mol. The van der Waals surface area contributed by atoms with E-state index in [0.29, 0.717) is 6.54 Å². The lowest BCUT2D eigenvalue weighted by Crippen LogP contribution is -2.25. The molecule has 1 rings (SSSR count). The summed E-state index contributed by atoms with van der Waals surface area (Å²) in [6, 6.07) is 5.41. The Hall–Kier alpha value is -1.99. The van der Waals surface area contributed by atoms with Crippen molar-refractivity contribution in [3.8, 4) is 0 Å². The van der Waals surface area contributed by atoms with E-state index < -0.39 is 20.6 Å². The number of nitro groups is 1. The predicted octanol–water partition coefficient (Wildman–Crippen LogP) is 6.69. The number of nitrogens with one attached hydrogen (secondary N) is 1. The summed E-state index contributed by atoms with van der Waals surface area (Å²) in [6.07, 6.45) is 22.5. The molecule has 1 aromatic rings. The Morgan fingerprint density at radius 3 is 2.10 bits per heavy atom. The van der Waals surface area contributed by atoms with Gasteiger partial charge in [-0.15, -0.1) is 0 Å². The molecule has 7 heteroatoms. The summed E-state index contributed by atoms with van der Waals surface area (Å²) >= 11 is 0. The van der Waals surface area contributed by atoms with Crippen LogP contribution < -0.4 is 4.72 Å². The fraction of sp³-hybridized carbons (Fsp3) is 0.583. The smallest absolute Gasteiger partial charge is 0.258 e. The van der Waals surface area contributed by atoms with Crippen molar-refractivity contribution in [1.82, 2.24) is 4.72 Å². The molecule has 0 aliphatic heterocycles. The van der Waals surface area contributed by atoms with Gasteiger partial charge in [-0.1, -0.05) is 81.9 Å². The number of hydrogen-bond acceptors (Lipinski definition) is 4. The van der Waals surface area contributed by atoms with Crippen LogP contribution >= 0.6 is 0 Å². The van der Waals surface area contributed by atoms with Gasteiger partial charge in [0.1, 0.15) is 0 Å². The third kappa shape index (κ3) is 12.5. The molecular weight excluding hydrogens is 412 g/mol. The second-order valence-electron chi connectivity index (χ2n) is 7.71. The first-order valence-corrected chi connectivity index (χ1v) is 13.0. The van der Waals surface area contributed by atoms with Crippen molar-refractivity contribution in [2.24, 2.45) is 0 Å². The first-order chi connectivity index (χ1) is 15.0. The van der Waals surface area contributed by atoms with Crippen molar-refractivity contribution < 1.29 is 13.3 Å². The van der Waals surface area contributed by atoms with E-state index in [1.807, 2.05) is 0 Å². The standard InChI is InChI=1S/C24H38N2O4S/c1-2-3-4-5-6-7-8-9-10-11-12-13-14-15-16-19-22-25-31(29,30)24-21-18-17-20-23(24)26(27)28/h6-7,9-10,17-18,20-21,25H,2-5,8,11-16,19,22H2,1H3/b7-6-,10-9-. The maximum Gasteiger partial charge on any atom is 0.289 e. The van der Waals surface area contributed by atoms with Crippen molar-refractivity contribution in [3.63, 3.8) is 0 Å². The van der Waals surface area contributed by atoms with Crippen LogP contribution in [-0.2, 0) is 10.0 Å². The van der Waals surface area contributed by atoms with Gasteiger partial charge in [0.05, 0.1) is 4.92 Å². The van der Waals surface area contributed by atoms with Crippen LogP contribution in [0.5, 0.6) is 0 Å². The van der Waals surface area contributed by atoms with Gasteiger partial charge in [-0.05, 0) is 44.6 Å². The number of unbranched alkanes of at least 4 members (excludes halogenated alkanes) is 9. The Balaban J connectivity index is 2.06. The van der Waals surface area contributed by atoms with Crippen molar-refractivity contribution in [3.05, 3.63) is 58.7 Å². The van der Waals surface area contributed by atoms with Gasteiger partial charge in [0.25, 0.3) is 5.69 Å². The normalized spacial score (nSPS) is 12.2. The number of benzene rings is 1.